The highest BCUT2D eigenvalue weighted by molar-refractivity contribution is 5.64. The van der Waals surface area contributed by atoms with Gasteiger partial charge in [-0.2, -0.15) is 5.26 Å². The highest BCUT2D eigenvalue weighted by atomic mass is 16.5. The zero-order chi connectivity index (χ0) is 14.5. The van der Waals surface area contributed by atoms with Crippen molar-refractivity contribution in [3.63, 3.8) is 0 Å². The van der Waals surface area contributed by atoms with Crippen LogP contribution in [0.25, 0.3) is 11.1 Å². The Hall–Kier alpha value is -2.61. The zero-order valence-electron chi connectivity index (χ0n) is 11.8. The van der Waals surface area contributed by atoms with Gasteiger partial charge in [-0.05, 0) is 37.1 Å². The van der Waals surface area contributed by atoms with Gasteiger partial charge < -0.3 is 4.74 Å². The first-order chi connectivity index (χ1) is 9.65. The average Bonchev–Trinajstić information content (AvgIpc) is 2.49. The molecule has 0 aliphatic rings. The predicted molar refractivity (Wildman–Crippen MR) is 77.4 cm³/mol. The van der Waals surface area contributed by atoms with Gasteiger partial charge in [-0.25, -0.2) is 9.97 Å². The maximum absolute atomic E-state index is 8.77. The second-order valence-electron chi connectivity index (χ2n) is 4.34. The molecule has 5 heteroatoms. The summed E-state index contributed by atoms with van der Waals surface area (Å²) in [5.74, 6) is 1.27. The summed E-state index contributed by atoms with van der Waals surface area (Å²) in [7, 11) is 1.62. The van der Waals surface area contributed by atoms with Crippen LogP contribution in [0.1, 0.15) is 12.5 Å². The van der Waals surface area contributed by atoms with Crippen LogP contribution in [-0.4, -0.2) is 23.6 Å². The normalized spacial score (nSPS) is 9.90. The molecule has 1 aromatic carbocycles. The van der Waals surface area contributed by atoms with Gasteiger partial charge in [0.15, 0.2) is 6.19 Å². The highest BCUT2D eigenvalue weighted by Gasteiger charge is 2.06. The maximum Gasteiger partial charge on any atom is 0.238 e. The van der Waals surface area contributed by atoms with Crippen LogP contribution in [0, 0.1) is 18.4 Å². The number of hydrogen-bond acceptors (Lipinski definition) is 5. The largest absolute Gasteiger partial charge is 0.494 e. The lowest BCUT2D eigenvalue weighted by Gasteiger charge is -2.10. The molecule has 0 saturated carbocycles. The Balaban J connectivity index is 2.28. The molecule has 20 heavy (non-hydrogen) atoms. The zero-order valence-corrected chi connectivity index (χ0v) is 11.8. The Bertz CT molecular complexity index is 631. The molecule has 1 aromatic heterocycles. The van der Waals surface area contributed by atoms with E-state index in [0.29, 0.717) is 12.6 Å². The topological polar surface area (TPSA) is 62.0 Å². The van der Waals surface area contributed by atoms with E-state index in [4.69, 9.17) is 10.00 Å². The molecule has 102 valence electrons. The molecule has 0 amide bonds. The van der Waals surface area contributed by atoms with E-state index < -0.39 is 0 Å². The molecule has 0 aliphatic carbocycles. The van der Waals surface area contributed by atoms with Crippen LogP contribution < -0.4 is 9.64 Å². The number of nitrogens with zero attached hydrogens (tertiary/aromatic N) is 4. The lowest BCUT2D eigenvalue weighted by Crippen LogP contribution is -2.11. The van der Waals surface area contributed by atoms with Crippen molar-refractivity contribution in [3.05, 3.63) is 36.2 Å². The number of rotatable bonds is 4. The molecule has 0 unspecified atom stereocenters. The molecule has 0 N–H and O–H groups in total. The second-order valence-corrected chi connectivity index (χ2v) is 4.34. The third-order valence-electron chi connectivity index (χ3n) is 2.90. The van der Waals surface area contributed by atoms with E-state index in [0.717, 1.165) is 22.4 Å². The van der Waals surface area contributed by atoms with Crippen LogP contribution in [0.2, 0.25) is 0 Å². The smallest absolute Gasteiger partial charge is 0.238 e. The van der Waals surface area contributed by atoms with Crippen LogP contribution in [0.3, 0.4) is 0 Å². The first-order valence-electron chi connectivity index (χ1n) is 6.35. The molecular weight excluding hydrogens is 252 g/mol. The molecule has 0 spiro atoms. The fraction of sp³-hybridized carbons (Fsp3) is 0.267. The fourth-order valence-electron chi connectivity index (χ4n) is 1.83. The number of ether oxygens (including phenoxy) is 1. The quantitative estimate of drug-likeness (QED) is 0.630. The maximum atomic E-state index is 8.77. The minimum absolute atomic E-state index is 0.388. The summed E-state index contributed by atoms with van der Waals surface area (Å²) in [5.41, 5.74) is 3.01. The van der Waals surface area contributed by atoms with Gasteiger partial charge in [0, 0.05) is 25.0 Å². The predicted octanol–water partition coefficient (Wildman–Crippen LogP) is 2.77. The van der Waals surface area contributed by atoms with E-state index in [-0.39, 0.29) is 0 Å². The Morgan fingerprint density at radius 2 is 1.95 bits per heavy atom. The van der Waals surface area contributed by atoms with E-state index in [1.807, 2.05) is 38.2 Å². The standard InChI is InChI=1S/C15H16N4O/c1-4-20-14-6-5-12(7-11(14)2)13-8-17-15(18-9-13)19(3)10-16/h5-9H,4H2,1-3H3. The van der Waals surface area contributed by atoms with Crippen molar-refractivity contribution < 1.29 is 4.74 Å². The molecule has 2 aromatic rings. The number of benzene rings is 1. The van der Waals surface area contributed by atoms with Crippen LogP contribution >= 0.6 is 0 Å². The van der Waals surface area contributed by atoms with Crippen LogP contribution in [0.5, 0.6) is 5.75 Å². The Morgan fingerprint density at radius 1 is 1.25 bits per heavy atom. The van der Waals surface area contributed by atoms with Crippen molar-refractivity contribution in [2.45, 2.75) is 13.8 Å². The van der Waals surface area contributed by atoms with E-state index >= 15 is 0 Å². The first-order valence-corrected chi connectivity index (χ1v) is 6.35. The van der Waals surface area contributed by atoms with E-state index in [1.54, 1.807) is 19.4 Å². The van der Waals surface area contributed by atoms with Crippen molar-refractivity contribution >= 4 is 5.95 Å². The van der Waals surface area contributed by atoms with Gasteiger partial charge in [-0.3, -0.25) is 4.90 Å². The lowest BCUT2D eigenvalue weighted by atomic mass is 10.1. The van der Waals surface area contributed by atoms with Gasteiger partial charge in [0.25, 0.3) is 0 Å². The van der Waals surface area contributed by atoms with Crippen LogP contribution in [0.15, 0.2) is 30.6 Å². The number of anilines is 1. The summed E-state index contributed by atoms with van der Waals surface area (Å²) >= 11 is 0. The van der Waals surface area contributed by atoms with Crippen molar-refractivity contribution in [2.75, 3.05) is 18.6 Å². The Kier molecular flexibility index (Phi) is 4.16. The highest BCUT2D eigenvalue weighted by Crippen LogP contribution is 2.25. The van der Waals surface area contributed by atoms with Crippen molar-refractivity contribution in [1.29, 1.82) is 5.26 Å². The molecule has 0 saturated heterocycles. The molecule has 0 bridgehead atoms. The third kappa shape index (κ3) is 2.86. The second kappa shape index (κ2) is 6.02. The van der Waals surface area contributed by atoms with Crippen LogP contribution in [-0.2, 0) is 0 Å². The number of aryl methyl sites for hydroxylation is 1. The fourth-order valence-corrected chi connectivity index (χ4v) is 1.83. The monoisotopic (exact) mass is 268 g/mol. The lowest BCUT2D eigenvalue weighted by molar-refractivity contribution is 0.338. The molecule has 0 atom stereocenters. The van der Waals surface area contributed by atoms with Crippen molar-refractivity contribution in [1.82, 2.24) is 9.97 Å². The molecule has 0 aliphatic heterocycles. The summed E-state index contributed by atoms with van der Waals surface area (Å²) < 4.78 is 5.52. The minimum Gasteiger partial charge on any atom is -0.494 e. The van der Waals surface area contributed by atoms with Crippen molar-refractivity contribution in [3.8, 4) is 23.1 Å². The first kappa shape index (κ1) is 13.8. The third-order valence-corrected chi connectivity index (χ3v) is 2.90. The molecule has 1 heterocycles. The van der Waals surface area contributed by atoms with Gasteiger partial charge in [0.05, 0.1) is 6.61 Å². The molecule has 0 fully saturated rings. The molecular formula is C15H16N4O. The molecule has 0 radical (unpaired) electrons. The van der Waals surface area contributed by atoms with Gasteiger partial charge in [0.2, 0.25) is 5.95 Å². The Labute approximate surface area is 118 Å². The summed E-state index contributed by atoms with van der Waals surface area (Å²) in [4.78, 5) is 9.66. The number of nitriles is 1. The Morgan fingerprint density at radius 3 is 2.50 bits per heavy atom. The average molecular weight is 268 g/mol. The summed E-state index contributed by atoms with van der Waals surface area (Å²) in [5, 5.41) is 8.77. The van der Waals surface area contributed by atoms with E-state index in [1.165, 1.54) is 4.90 Å². The van der Waals surface area contributed by atoms with Gasteiger partial charge in [-0.1, -0.05) is 6.07 Å². The number of aromatic nitrogens is 2. The summed E-state index contributed by atoms with van der Waals surface area (Å²) in [6, 6.07) is 5.96. The summed E-state index contributed by atoms with van der Waals surface area (Å²) in [6.45, 7) is 4.62. The minimum atomic E-state index is 0.388. The molecule has 2 rings (SSSR count). The van der Waals surface area contributed by atoms with E-state index in [2.05, 4.69) is 9.97 Å². The van der Waals surface area contributed by atoms with Gasteiger partial charge in [0.1, 0.15) is 5.75 Å². The van der Waals surface area contributed by atoms with Crippen LogP contribution in [0.4, 0.5) is 5.95 Å². The van der Waals surface area contributed by atoms with Gasteiger partial charge >= 0.3 is 0 Å². The SMILES string of the molecule is CCOc1ccc(-c2cnc(N(C)C#N)nc2)cc1C. The van der Waals surface area contributed by atoms with Crippen molar-refractivity contribution in [2.24, 2.45) is 0 Å². The summed E-state index contributed by atoms with van der Waals surface area (Å²) in [6.07, 6.45) is 5.39. The number of hydrogen-bond donors (Lipinski definition) is 0. The van der Waals surface area contributed by atoms with Gasteiger partial charge in [-0.15, -0.1) is 0 Å². The molecule has 5 nitrogen and oxygen atoms in total. The van der Waals surface area contributed by atoms with E-state index in [9.17, 15) is 0 Å².